The molecule has 1 N–H and O–H groups in total. The minimum atomic E-state index is 0.913. The summed E-state index contributed by atoms with van der Waals surface area (Å²) < 4.78 is 5.39. The van der Waals surface area contributed by atoms with Crippen molar-refractivity contribution in [2.75, 3.05) is 12.9 Å². The number of para-hydroxylation sites is 1. The van der Waals surface area contributed by atoms with Gasteiger partial charge >= 0.3 is 0 Å². The van der Waals surface area contributed by atoms with E-state index >= 15 is 0 Å². The number of thioether (sulfide) groups is 1. The molecule has 0 spiro atoms. The molecule has 108 valence electrons. The zero-order valence-corrected chi connectivity index (χ0v) is 13.0. The van der Waals surface area contributed by atoms with E-state index in [0.29, 0.717) is 0 Å². The van der Waals surface area contributed by atoms with Gasteiger partial charge in [-0.3, -0.25) is 0 Å². The molecule has 21 heavy (non-hydrogen) atoms. The van der Waals surface area contributed by atoms with Gasteiger partial charge in [0.05, 0.1) is 12.6 Å². The Hall–Kier alpha value is -1.87. The van der Waals surface area contributed by atoms with E-state index < -0.39 is 0 Å². The highest BCUT2D eigenvalue weighted by Gasteiger charge is 2.07. The molecule has 3 rings (SSSR count). The smallest absolute Gasteiger partial charge is 0.142 e. The normalized spacial score (nSPS) is 10.9. The number of H-pyrrole nitrogens is 1. The second-order valence-corrected chi connectivity index (χ2v) is 6.09. The van der Waals surface area contributed by atoms with Crippen LogP contribution >= 0.6 is 11.8 Å². The van der Waals surface area contributed by atoms with E-state index in [4.69, 9.17) is 4.74 Å². The van der Waals surface area contributed by atoms with Crippen molar-refractivity contribution in [3.8, 4) is 5.75 Å². The number of nitrogens with one attached hydrogen (secondary N) is 1. The van der Waals surface area contributed by atoms with Gasteiger partial charge in [-0.25, -0.2) is 0 Å². The molecule has 0 atom stereocenters. The van der Waals surface area contributed by atoms with Crippen LogP contribution in [-0.4, -0.2) is 17.8 Å². The van der Waals surface area contributed by atoms with Gasteiger partial charge in [0.25, 0.3) is 0 Å². The first-order valence-electron chi connectivity index (χ1n) is 7.13. The van der Waals surface area contributed by atoms with Gasteiger partial charge < -0.3 is 9.72 Å². The average molecular weight is 297 g/mol. The first-order chi connectivity index (χ1) is 10.4. The van der Waals surface area contributed by atoms with Gasteiger partial charge in [-0.2, -0.15) is 11.8 Å². The van der Waals surface area contributed by atoms with E-state index in [9.17, 15) is 0 Å². The highest BCUT2D eigenvalue weighted by Crippen LogP contribution is 2.27. The number of hydrogen-bond acceptors (Lipinski definition) is 2. The molecule has 2 aromatic carbocycles. The number of methoxy groups -OCH3 is 1. The third-order valence-electron chi connectivity index (χ3n) is 3.61. The van der Waals surface area contributed by atoms with Crippen molar-refractivity contribution >= 4 is 22.7 Å². The highest BCUT2D eigenvalue weighted by molar-refractivity contribution is 7.98. The Labute approximate surface area is 129 Å². The summed E-state index contributed by atoms with van der Waals surface area (Å²) in [7, 11) is 1.71. The molecule has 0 aliphatic rings. The number of aromatic amines is 1. The van der Waals surface area contributed by atoms with Crippen LogP contribution in [0.15, 0.2) is 54.7 Å². The third-order valence-corrected chi connectivity index (χ3v) is 4.64. The van der Waals surface area contributed by atoms with Crippen LogP contribution in [0.4, 0.5) is 0 Å². The lowest BCUT2D eigenvalue weighted by molar-refractivity contribution is 0.419. The lowest BCUT2D eigenvalue weighted by atomic mass is 10.1. The quantitative estimate of drug-likeness (QED) is 0.670. The fourth-order valence-electron chi connectivity index (χ4n) is 2.51. The first kappa shape index (κ1) is 14.1. The number of aromatic nitrogens is 1. The fourth-order valence-corrected chi connectivity index (χ4v) is 3.44. The highest BCUT2D eigenvalue weighted by atomic mass is 32.2. The van der Waals surface area contributed by atoms with Crippen LogP contribution in [0.2, 0.25) is 0 Å². The van der Waals surface area contributed by atoms with Crippen molar-refractivity contribution in [1.82, 2.24) is 4.98 Å². The van der Waals surface area contributed by atoms with Crippen LogP contribution in [0.1, 0.15) is 11.1 Å². The Balaban J connectivity index is 1.61. The average Bonchev–Trinajstić information content (AvgIpc) is 2.96. The van der Waals surface area contributed by atoms with Gasteiger partial charge in [-0.05, 0) is 29.4 Å². The van der Waals surface area contributed by atoms with Gasteiger partial charge in [-0.15, -0.1) is 0 Å². The third kappa shape index (κ3) is 3.24. The SMILES string of the molecule is COc1cccc2c(CCSCc3ccccc3)c[nH]c12. The Morgan fingerprint density at radius 3 is 2.71 bits per heavy atom. The van der Waals surface area contributed by atoms with Crippen LogP contribution in [0.25, 0.3) is 10.9 Å². The second-order valence-electron chi connectivity index (χ2n) is 4.98. The molecular weight excluding hydrogens is 278 g/mol. The maximum atomic E-state index is 5.39. The van der Waals surface area contributed by atoms with E-state index in [1.165, 1.54) is 16.5 Å². The van der Waals surface area contributed by atoms with Crippen LogP contribution in [-0.2, 0) is 12.2 Å². The molecule has 1 aromatic heterocycles. The summed E-state index contributed by atoms with van der Waals surface area (Å²) >= 11 is 1.98. The molecule has 0 aliphatic heterocycles. The summed E-state index contributed by atoms with van der Waals surface area (Å²) in [4.78, 5) is 3.33. The van der Waals surface area contributed by atoms with E-state index in [-0.39, 0.29) is 0 Å². The van der Waals surface area contributed by atoms with Crippen LogP contribution in [0, 0.1) is 0 Å². The lowest BCUT2D eigenvalue weighted by Gasteiger charge is -2.03. The summed E-state index contributed by atoms with van der Waals surface area (Å²) in [5.74, 6) is 3.11. The molecule has 3 heteroatoms. The number of fused-ring (bicyclic) bond motifs is 1. The summed E-state index contributed by atoms with van der Waals surface area (Å²) in [6.45, 7) is 0. The summed E-state index contributed by atoms with van der Waals surface area (Å²) in [6.07, 6.45) is 3.18. The number of ether oxygens (including phenoxy) is 1. The molecule has 1 heterocycles. The Morgan fingerprint density at radius 1 is 1.05 bits per heavy atom. The van der Waals surface area contributed by atoms with Gasteiger partial charge in [0.1, 0.15) is 5.75 Å². The number of rotatable bonds is 6. The summed E-state index contributed by atoms with van der Waals surface area (Å²) in [6, 6.07) is 16.8. The molecule has 3 aromatic rings. The van der Waals surface area contributed by atoms with Gasteiger partial charge in [0.2, 0.25) is 0 Å². The summed E-state index contributed by atoms with van der Waals surface area (Å²) in [5, 5.41) is 1.27. The largest absolute Gasteiger partial charge is 0.495 e. The number of aryl methyl sites for hydroxylation is 1. The molecule has 0 unspecified atom stereocenters. The molecule has 0 saturated heterocycles. The monoisotopic (exact) mass is 297 g/mol. The minimum absolute atomic E-state index is 0.913. The Bertz CT molecular complexity index is 706. The van der Waals surface area contributed by atoms with E-state index in [0.717, 1.165) is 29.2 Å². The van der Waals surface area contributed by atoms with E-state index in [1.54, 1.807) is 7.11 Å². The van der Waals surface area contributed by atoms with E-state index in [2.05, 4.69) is 53.6 Å². The topological polar surface area (TPSA) is 25.0 Å². The van der Waals surface area contributed by atoms with Crippen molar-refractivity contribution in [3.63, 3.8) is 0 Å². The molecule has 0 saturated carbocycles. The van der Waals surface area contributed by atoms with Crippen molar-refractivity contribution in [2.24, 2.45) is 0 Å². The van der Waals surface area contributed by atoms with E-state index in [1.807, 2.05) is 17.8 Å². The molecule has 0 bridgehead atoms. The standard InChI is InChI=1S/C18H19NOS/c1-20-17-9-5-8-16-15(12-19-18(16)17)10-11-21-13-14-6-3-2-4-7-14/h2-9,12,19H,10-11,13H2,1H3. The Kier molecular flexibility index (Phi) is 4.51. The lowest BCUT2D eigenvalue weighted by Crippen LogP contribution is -1.89. The molecule has 0 amide bonds. The van der Waals surface area contributed by atoms with Gasteiger partial charge in [0.15, 0.2) is 0 Å². The maximum absolute atomic E-state index is 5.39. The Morgan fingerprint density at radius 2 is 1.90 bits per heavy atom. The first-order valence-corrected chi connectivity index (χ1v) is 8.28. The second kappa shape index (κ2) is 6.72. The number of hydrogen-bond donors (Lipinski definition) is 1. The molecule has 2 nitrogen and oxygen atoms in total. The van der Waals surface area contributed by atoms with Crippen LogP contribution in [0.5, 0.6) is 5.75 Å². The number of benzene rings is 2. The van der Waals surface area contributed by atoms with Gasteiger partial charge in [0, 0.05) is 17.3 Å². The minimum Gasteiger partial charge on any atom is -0.495 e. The molecule has 0 fully saturated rings. The zero-order chi connectivity index (χ0) is 14.5. The fraction of sp³-hybridized carbons (Fsp3) is 0.222. The van der Waals surface area contributed by atoms with Crippen molar-refractivity contribution < 1.29 is 4.74 Å². The molecular formula is C18H19NOS. The molecule has 0 radical (unpaired) electrons. The van der Waals surface area contributed by atoms with Crippen molar-refractivity contribution in [3.05, 3.63) is 65.9 Å². The van der Waals surface area contributed by atoms with Crippen LogP contribution in [0.3, 0.4) is 0 Å². The van der Waals surface area contributed by atoms with Crippen molar-refractivity contribution in [2.45, 2.75) is 12.2 Å². The molecule has 0 aliphatic carbocycles. The predicted octanol–water partition coefficient (Wildman–Crippen LogP) is 4.65. The van der Waals surface area contributed by atoms with Crippen molar-refractivity contribution in [1.29, 1.82) is 0 Å². The maximum Gasteiger partial charge on any atom is 0.142 e. The predicted molar refractivity (Wildman–Crippen MR) is 91.2 cm³/mol. The summed E-state index contributed by atoms with van der Waals surface area (Å²) in [5.41, 5.74) is 3.86. The zero-order valence-electron chi connectivity index (χ0n) is 12.1. The van der Waals surface area contributed by atoms with Gasteiger partial charge in [-0.1, -0.05) is 42.5 Å². The van der Waals surface area contributed by atoms with Crippen LogP contribution < -0.4 is 4.74 Å².